The van der Waals surface area contributed by atoms with E-state index in [-0.39, 0.29) is 15.8 Å². The number of benzene rings is 2. The molecule has 1 aromatic heterocycles. The molecular formula is C20H20ClN3O3S. The minimum atomic E-state index is -3.66. The lowest BCUT2D eigenvalue weighted by molar-refractivity contribution is 0.346. The predicted octanol–water partition coefficient (Wildman–Crippen LogP) is 4.54. The quantitative estimate of drug-likeness (QED) is 0.622. The molecular weight excluding hydrogens is 398 g/mol. The number of rotatable bonds is 4. The molecule has 28 heavy (non-hydrogen) atoms. The molecule has 0 spiro atoms. The van der Waals surface area contributed by atoms with E-state index < -0.39 is 10.0 Å². The van der Waals surface area contributed by atoms with Crippen LogP contribution < -0.4 is 0 Å². The summed E-state index contributed by atoms with van der Waals surface area (Å²) >= 11 is 6.23. The summed E-state index contributed by atoms with van der Waals surface area (Å²) < 4.78 is 33.3. The lowest BCUT2D eigenvalue weighted by Gasteiger charge is -2.26. The minimum absolute atomic E-state index is 0.0728. The summed E-state index contributed by atoms with van der Waals surface area (Å²) in [7, 11) is -3.66. The van der Waals surface area contributed by atoms with Crippen LogP contribution in [0.5, 0.6) is 0 Å². The summed E-state index contributed by atoms with van der Waals surface area (Å²) in [5.74, 6) is 0.632. The SMILES string of the molecule is Cc1ccc(-c2nnc(-c3ccc(Cl)c(S(=O)(=O)N4CCCCC4)c3)o2)cc1. The third-order valence-electron chi connectivity index (χ3n) is 4.83. The van der Waals surface area contributed by atoms with Gasteiger partial charge in [-0.2, -0.15) is 4.31 Å². The summed E-state index contributed by atoms with van der Waals surface area (Å²) in [6, 6.07) is 12.5. The normalized spacial score (nSPS) is 15.6. The second kappa shape index (κ2) is 7.66. The van der Waals surface area contributed by atoms with Crippen molar-refractivity contribution in [3.63, 3.8) is 0 Å². The van der Waals surface area contributed by atoms with E-state index in [9.17, 15) is 8.42 Å². The van der Waals surface area contributed by atoms with Crippen LogP contribution in [-0.4, -0.2) is 36.0 Å². The number of aryl methyl sites for hydroxylation is 1. The van der Waals surface area contributed by atoms with Crippen molar-refractivity contribution in [1.82, 2.24) is 14.5 Å². The highest BCUT2D eigenvalue weighted by Crippen LogP contribution is 2.32. The molecule has 146 valence electrons. The smallest absolute Gasteiger partial charge is 0.248 e. The molecule has 0 unspecified atom stereocenters. The zero-order chi connectivity index (χ0) is 19.7. The minimum Gasteiger partial charge on any atom is -0.416 e. The van der Waals surface area contributed by atoms with Crippen LogP contribution in [0.2, 0.25) is 5.02 Å². The van der Waals surface area contributed by atoms with Crippen molar-refractivity contribution < 1.29 is 12.8 Å². The zero-order valence-electron chi connectivity index (χ0n) is 15.4. The number of hydrogen-bond donors (Lipinski definition) is 0. The molecule has 2 aromatic carbocycles. The molecule has 0 amide bonds. The fourth-order valence-electron chi connectivity index (χ4n) is 3.23. The molecule has 8 heteroatoms. The van der Waals surface area contributed by atoms with Crippen LogP contribution in [0.1, 0.15) is 24.8 Å². The van der Waals surface area contributed by atoms with Crippen molar-refractivity contribution in [3.05, 3.63) is 53.1 Å². The van der Waals surface area contributed by atoms with Crippen LogP contribution >= 0.6 is 11.6 Å². The Hall–Kier alpha value is -2.22. The highest BCUT2D eigenvalue weighted by Gasteiger charge is 2.28. The molecule has 1 saturated heterocycles. The van der Waals surface area contributed by atoms with Crippen LogP contribution in [0.3, 0.4) is 0 Å². The summed E-state index contributed by atoms with van der Waals surface area (Å²) in [6.45, 7) is 3.03. The van der Waals surface area contributed by atoms with E-state index in [0.717, 1.165) is 30.4 Å². The third-order valence-corrected chi connectivity index (χ3v) is 7.21. The van der Waals surface area contributed by atoms with Crippen LogP contribution in [-0.2, 0) is 10.0 Å². The fourth-order valence-corrected chi connectivity index (χ4v) is 5.25. The monoisotopic (exact) mass is 417 g/mol. The Kier molecular flexibility index (Phi) is 5.23. The molecule has 0 bridgehead atoms. The molecule has 1 fully saturated rings. The van der Waals surface area contributed by atoms with Gasteiger partial charge in [-0.15, -0.1) is 10.2 Å². The summed E-state index contributed by atoms with van der Waals surface area (Å²) in [5, 5.41) is 8.36. The largest absolute Gasteiger partial charge is 0.416 e. The second-order valence-electron chi connectivity index (χ2n) is 6.89. The summed E-state index contributed by atoms with van der Waals surface area (Å²) in [6.07, 6.45) is 2.77. The number of piperidine rings is 1. The van der Waals surface area contributed by atoms with Gasteiger partial charge in [0.15, 0.2) is 0 Å². The first-order valence-corrected chi connectivity index (χ1v) is 11.0. The van der Waals surface area contributed by atoms with Gasteiger partial charge in [0.2, 0.25) is 21.8 Å². The zero-order valence-corrected chi connectivity index (χ0v) is 17.0. The Morgan fingerprint density at radius 3 is 2.21 bits per heavy atom. The number of hydrogen-bond acceptors (Lipinski definition) is 5. The Morgan fingerprint density at radius 1 is 0.929 bits per heavy atom. The lowest BCUT2D eigenvalue weighted by Crippen LogP contribution is -2.35. The molecule has 0 saturated carbocycles. The predicted molar refractivity (Wildman–Crippen MR) is 108 cm³/mol. The van der Waals surface area contributed by atoms with E-state index in [2.05, 4.69) is 10.2 Å². The number of sulfonamides is 1. The van der Waals surface area contributed by atoms with Gasteiger partial charge in [0.05, 0.1) is 5.02 Å². The van der Waals surface area contributed by atoms with Crippen molar-refractivity contribution in [2.24, 2.45) is 0 Å². The van der Waals surface area contributed by atoms with E-state index in [1.807, 2.05) is 31.2 Å². The highest BCUT2D eigenvalue weighted by atomic mass is 35.5. The first kappa shape index (κ1) is 19.1. The van der Waals surface area contributed by atoms with Gasteiger partial charge in [-0.25, -0.2) is 8.42 Å². The van der Waals surface area contributed by atoms with E-state index in [1.165, 1.54) is 10.4 Å². The van der Waals surface area contributed by atoms with E-state index in [0.29, 0.717) is 24.5 Å². The molecule has 2 heterocycles. The van der Waals surface area contributed by atoms with E-state index in [1.54, 1.807) is 12.1 Å². The molecule has 6 nitrogen and oxygen atoms in total. The van der Waals surface area contributed by atoms with Crippen LogP contribution in [0.15, 0.2) is 51.8 Å². The molecule has 1 aliphatic rings. The fraction of sp³-hybridized carbons (Fsp3) is 0.300. The van der Waals surface area contributed by atoms with Crippen LogP contribution in [0, 0.1) is 6.92 Å². The van der Waals surface area contributed by atoms with Crippen molar-refractivity contribution >= 4 is 21.6 Å². The average Bonchev–Trinajstić information content (AvgIpc) is 3.19. The van der Waals surface area contributed by atoms with E-state index >= 15 is 0 Å². The van der Waals surface area contributed by atoms with Crippen molar-refractivity contribution in [3.8, 4) is 22.9 Å². The van der Waals surface area contributed by atoms with Crippen molar-refractivity contribution in [2.75, 3.05) is 13.1 Å². The van der Waals surface area contributed by atoms with Crippen molar-refractivity contribution in [1.29, 1.82) is 0 Å². The summed E-state index contributed by atoms with van der Waals surface area (Å²) in [4.78, 5) is 0.0728. The standard InChI is InChI=1S/C20H20ClN3O3S/c1-14-5-7-15(8-6-14)19-22-23-20(27-19)16-9-10-17(21)18(13-16)28(25,26)24-11-3-2-4-12-24/h5-10,13H,2-4,11-12H2,1H3. The average molecular weight is 418 g/mol. The number of halogens is 1. The van der Waals surface area contributed by atoms with Gasteiger partial charge in [-0.3, -0.25) is 0 Å². The molecule has 1 aliphatic heterocycles. The van der Waals surface area contributed by atoms with Gasteiger partial charge in [-0.1, -0.05) is 35.7 Å². The Labute approximate surface area is 169 Å². The van der Waals surface area contributed by atoms with Crippen LogP contribution in [0.25, 0.3) is 22.9 Å². The van der Waals surface area contributed by atoms with Gasteiger partial charge in [0.25, 0.3) is 0 Å². The molecule has 0 radical (unpaired) electrons. The number of aromatic nitrogens is 2. The van der Waals surface area contributed by atoms with Gasteiger partial charge >= 0.3 is 0 Å². The Morgan fingerprint density at radius 2 is 1.54 bits per heavy atom. The molecule has 0 aliphatic carbocycles. The second-order valence-corrected chi connectivity index (χ2v) is 9.20. The lowest BCUT2D eigenvalue weighted by atomic mass is 10.1. The topological polar surface area (TPSA) is 76.3 Å². The van der Waals surface area contributed by atoms with Gasteiger partial charge in [-0.05, 0) is 50.1 Å². The molecule has 0 N–H and O–H groups in total. The highest BCUT2D eigenvalue weighted by molar-refractivity contribution is 7.89. The van der Waals surface area contributed by atoms with Gasteiger partial charge in [0, 0.05) is 24.2 Å². The summed E-state index contributed by atoms with van der Waals surface area (Å²) in [5.41, 5.74) is 2.46. The maximum absolute atomic E-state index is 13.0. The molecule has 4 rings (SSSR count). The third kappa shape index (κ3) is 3.70. The maximum Gasteiger partial charge on any atom is 0.248 e. The molecule has 0 atom stereocenters. The maximum atomic E-state index is 13.0. The van der Waals surface area contributed by atoms with Gasteiger partial charge in [0.1, 0.15) is 4.90 Å². The first-order chi connectivity index (χ1) is 13.4. The van der Waals surface area contributed by atoms with Gasteiger partial charge < -0.3 is 4.42 Å². The Balaban J connectivity index is 1.68. The first-order valence-electron chi connectivity index (χ1n) is 9.16. The van der Waals surface area contributed by atoms with E-state index in [4.69, 9.17) is 16.0 Å². The molecule has 3 aromatic rings. The van der Waals surface area contributed by atoms with Crippen molar-refractivity contribution in [2.45, 2.75) is 31.1 Å². The van der Waals surface area contributed by atoms with Crippen LogP contribution in [0.4, 0.5) is 0 Å². The number of nitrogens with zero attached hydrogens (tertiary/aromatic N) is 3. The Bertz CT molecular complexity index is 1090.